The second kappa shape index (κ2) is 10.0. The van der Waals surface area contributed by atoms with Gasteiger partial charge in [0.15, 0.2) is 0 Å². The fourth-order valence-corrected chi connectivity index (χ4v) is 7.39. The van der Waals surface area contributed by atoms with Gasteiger partial charge in [-0.25, -0.2) is 4.98 Å². The van der Waals surface area contributed by atoms with Gasteiger partial charge >= 0.3 is 0 Å². The Morgan fingerprint density at radius 2 is 1.85 bits per heavy atom. The molecular weight excluding hydrogens is 490 g/mol. The van der Waals surface area contributed by atoms with Gasteiger partial charge < -0.3 is 19.5 Å². The summed E-state index contributed by atoms with van der Waals surface area (Å²) in [4.78, 5) is 33.3. The molecule has 2 bridgehead atoms. The average molecular weight is 526 g/mol. The van der Waals surface area contributed by atoms with Crippen LogP contribution in [-0.4, -0.2) is 46.5 Å². The number of nitrogens with zero attached hydrogens (tertiary/aromatic N) is 4. The van der Waals surface area contributed by atoms with Crippen LogP contribution in [0.5, 0.6) is 5.75 Å². The highest BCUT2D eigenvalue weighted by molar-refractivity contribution is 6.06. The molecule has 1 aliphatic heterocycles. The summed E-state index contributed by atoms with van der Waals surface area (Å²) >= 11 is 0. The molecule has 3 aliphatic rings. The topological polar surface area (TPSA) is 100 Å². The molecular formula is C31H35N5O3. The molecule has 202 valence electrons. The lowest BCUT2D eigenvalue weighted by Crippen LogP contribution is -2.46. The van der Waals surface area contributed by atoms with Crippen LogP contribution in [0.1, 0.15) is 71.5 Å². The van der Waals surface area contributed by atoms with Crippen molar-refractivity contribution < 1.29 is 14.3 Å². The first-order valence-corrected chi connectivity index (χ1v) is 14.0. The molecule has 8 heteroatoms. The van der Waals surface area contributed by atoms with Gasteiger partial charge in [-0.05, 0) is 79.7 Å². The van der Waals surface area contributed by atoms with Crippen molar-refractivity contribution in [3.63, 3.8) is 0 Å². The average Bonchev–Trinajstić information content (AvgIpc) is 3.66. The predicted molar refractivity (Wildman–Crippen MR) is 149 cm³/mol. The van der Waals surface area contributed by atoms with E-state index < -0.39 is 0 Å². The zero-order valence-electron chi connectivity index (χ0n) is 22.9. The number of likely N-dealkylation sites (tertiary alicyclic amines) is 1. The Morgan fingerprint density at radius 3 is 2.51 bits per heavy atom. The Morgan fingerprint density at radius 1 is 1.13 bits per heavy atom. The number of carbonyl (C=O) groups is 2. The summed E-state index contributed by atoms with van der Waals surface area (Å²) in [6, 6.07) is 6.92. The highest BCUT2D eigenvalue weighted by atomic mass is 16.5. The molecule has 3 atom stereocenters. The second-order valence-corrected chi connectivity index (χ2v) is 11.5. The number of aromatic nitrogens is 2. The highest BCUT2D eigenvalue weighted by Gasteiger charge is 2.46. The van der Waals surface area contributed by atoms with E-state index in [0.717, 1.165) is 55.4 Å². The number of hydrogen-bond acceptors (Lipinski definition) is 5. The maximum atomic E-state index is 13.2. The van der Waals surface area contributed by atoms with Gasteiger partial charge in [0.05, 0.1) is 24.6 Å². The number of rotatable bonds is 5. The fraction of sp³-hybridized carbons (Fsp3) is 0.484. The highest BCUT2D eigenvalue weighted by Crippen LogP contribution is 2.51. The molecule has 2 saturated carbocycles. The van der Waals surface area contributed by atoms with Crippen LogP contribution in [0.2, 0.25) is 0 Å². The van der Waals surface area contributed by atoms with E-state index in [1.54, 1.807) is 24.4 Å². The Bertz CT molecular complexity index is 1480. The van der Waals surface area contributed by atoms with Crippen LogP contribution in [0.4, 0.5) is 5.69 Å². The summed E-state index contributed by atoms with van der Waals surface area (Å²) in [5, 5.41) is 13.5. The SMILES string of the molecule is COc1ccc(C(=O)Nc2cnc3c(c([C@@H]4[C@@H]5CC[C@H]4CN(C(=O)C4CCCC4)C5)cn3C)c2C)cc1C#N. The normalized spacial score (nSPS) is 22.7. The largest absolute Gasteiger partial charge is 0.495 e. The van der Waals surface area contributed by atoms with E-state index in [1.807, 2.05) is 14.0 Å². The fourth-order valence-electron chi connectivity index (χ4n) is 7.39. The monoisotopic (exact) mass is 525 g/mol. The maximum Gasteiger partial charge on any atom is 0.255 e. The summed E-state index contributed by atoms with van der Waals surface area (Å²) in [7, 11) is 3.53. The van der Waals surface area contributed by atoms with Crippen molar-refractivity contribution in [3.8, 4) is 11.8 Å². The van der Waals surface area contributed by atoms with Gasteiger partial charge in [-0.15, -0.1) is 0 Å². The third-order valence-corrected chi connectivity index (χ3v) is 9.31. The van der Waals surface area contributed by atoms with E-state index in [-0.39, 0.29) is 11.8 Å². The molecule has 2 aromatic heterocycles. The minimum atomic E-state index is -0.297. The number of carbonyl (C=O) groups excluding carboxylic acids is 2. The number of hydrogen-bond donors (Lipinski definition) is 1. The van der Waals surface area contributed by atoms with E-state index in [1.165, 1.54) is 25.5 Å². The quantitative estimate of drug-likeness (QED) is 0.496. The lowest BCUT2D eigenvalue weighted by atomic mass is 9.79. The van der Waals surface area contributed by atoms with Crippen LogP contribution in [0, 0.1) is 36.0 Å². The lowest BCUT2D eigenvalue weighted by molar-refractivity contribution is -0.137. The minimum absolute atomic E-state index is 0.228. The van der Waals surface area contributed by atoms with Gasteiger partial charge in [0, 0.05) is 43.2 Å². The summed E-state index contributed by atoms with van der Waals surface area (Å²) in [5.74, 6) is 2.02. The zero-order chi connectivity index (χ0) is 27.3. The molecule has 2 aliphatic carbocycles. The number of fused-ring (bicyclic) bond motifs is 3. The van der Waals surface area contributed by atoms with Gasteiger partial charge in [0.25, 0.3) is 5.91 Å². The van der Waals surface area contributed by atoms with Crippen LogP contribution in [0.25, 0.3) is 11.0 Å². The van der Waals surface area contributed by atoms with E-state index in [9.17, 15) is 14.9 Å². The third-order valence-electron chi connectivity index (χ3n) is 9.31. The molecule has 39 heavy (non-hydrogen) atoms. The van der Waals surface area contributed by atoms with Crippen molar-refractivity contribution in [2.45, 2.75) is 51.4 Å². The number of aryl methyl sites for hydroxylation is 2. The van der Waals surface area contributed by atoms with Crippen LogP contribution in [-0.2, 0) is 11.8 Å². The molecule has 1 aromatic carbocycles. The smallest absolute Gasteiger partial charge is 0.255 e. The van der Waals surface area contributed by atoms with E-state index >= 15 is 0 Å². The molecule has 6 rings (SSSR count). The first-order valence-electron chi connectivity index (χ1n) is 14.0. The third kappa shape index (κ3) is 4.34. The molecule has 0 unspecified atom stereocenters. The molecule has 3 fully saturated rings. The number of pyridine rings is 1. The summed E-state index contributed by atoms with van der Waals surface area (Å²) in [5.41, 5.74) is 4.54. The van der Waals surface area contributed by atoms with Gasteiger partial charge in [-0.3, -0.25) is 9.59 Å². The summed E-state index contributed by atoms with van der Waals surface area (Å²) in [6.07, 6.45) is 10.7. The van der Waals surface area contributed by atoms with Gasteiger partial charge in [-0.2, -0.15) is 5.26 Å². The number of nitriles is 1. The Kier molecular flexibility index (Phi) is 6.54. The Labute approximate surface area is 228 Å². The molecule has 0 radical (unpaired) electrons. The van der Waals surface area contributed by atoms with Crippen LogP contribution >= 0.6 is 0 Å². The zero-order valence-corrected chi connectivity index (χ0v) is 22.9. The van der Waals surface area contributed by atoms with Gasteiger partial charge in [0.1, 0.15) is 17.5 Å². The number of benzene rings is 1. The summed E-state index contributed by atoms with van der Waals surface area (Å²) < 4.78 is 7.29. The molecule has 1 saturated heterocycles. The van der Waals surface area contributed by atoms with Crippen molar-refractivity contribution in [3.05, 3.63) is 52.8 Å². The minimum Gasteiger partial charge on any atom is -0.495 e. The second-order valence-electron chi connectivity index (χ2n) is 11.5. The number of amides is 2. The lowest BCUT2D eigenvalue weighted by Gasteiger charge is -2.39. The first-order chi connectivity index (χ1) is 18.9. The predicted octanol–water partition coefficient (Wildman–Crippen LogP) is 5.16. The maximum absolute atomic E-state index is 13.2. The van der Waals surface area contributed by atoms with Crippen LogP contribution in [0.15, 0.2) is 30.6 Å². The molecule has 2 amide bonds. The van der Waals surface area contributed by atoms with Crippen molar-refractivity contribution in [1.82, 2.24) is 14.5 Å². The van der Waals surface area contributed by atoms with Crippen LogP contribution < -0.4 is 10.1 Å². The molecule has 3 aromatic rings. The summed E-state index contributed by atoms with van der Waals surface area (Å²) in [6.45, 7) is 3.72. The Balaban J connectivity index is 1.29. The number of anilines is 1. The number of nitrogens with one attached hydrogen (secondary N) is 1. The van der Waals surface area contributed by atoms with E-state index in [0.29, 0.717) is 46.2 Å². The van der Waals surface area contributed by atoms with Gasteiger partial charge in [0.2, 0.25) is 5.91 Å². The van der Waals surface area contributed by atoms with Crippen molar-refractivity contribution in [1.29, 1.82) is 5.26 Å². The van der Waals surface area contributed by atoms with Crippen molar-refractivity contribution in [2.75, 3.05) is 25.5 Å². The molecule has 8 nitrogen and oxygen atoms in total. The van der Waals surface area contributed by atoms with Crippen molar-refractivity contribution >= 4 is 28.5 Å². The Hall–Kier alpha value is -3.86. The van der Waals surface area contributed by atoms with Crippen LogP contribution in [0.3, 0.4) is 0 Å². The number of methoxy groups -OCH3 is 1. The van der Waals surface area contributed by atoms with E-state index in [4.69, 9.17) is 9.72 Å². The van der Waals surface area contributed by atoms with E-state index in [2.05, 4.69) is 27.0 Å². The molecule has 3 heterocycles. The number of ether oxygens (including phenoxy) is 1. The standard InChI is InChI=1S/C31H35N5O3/c1-18-25(34-30(37)20-10-11-26(39-3)23(12-20)13-32)14-33-29-27(18)24(17-35(29)2)28-21-8-9-22(28)16-36(15-21)31(38)19-6-4-5-7-19/h10-12,14,17,19,21-22,28H,4-9,15-16H2,1-3H3,(H,34,37)/t21-,22+,28-. The first kappa shape index (κ1) is 25.4. The molecule has 0 spiro atoms. The van der Waals surface area contributed by atoms with Gasteiger partial charge in [-0.1, -0.05) is 12.8 Å². The number of piperidine rings is 1. The van der Waals surface area contributed by atoms with Crippen molar-refractivity contribution in [2.24, 2.45) is 24.8 Å². The molecule has 1 N–H and O–H groups in total.